The average molecular weight is 349 g/mol. The first-order valence-electron chi connectivity index (χ1n) is 5.34. The third kappa shape index (κ3) is 2.57. The minimum atomic E-state index is -0.553. The summed E-state index contributed by atoms with van der Waals surface area (Å²) in [6.07, 6.45) is 0.0689. The van der Waals surface area contributed by atoms with Crippen molar-refractivity contribution in [3.05, 3.63) is 26.8 Å². The van der Waals surface area contributed by atoms with Crippen molar-refractivity contribution in [3.8, 4) is 0 Å². The first-order valence-corrected chi connectivity index (χ1v) is 6.42. The molecule has 0 spiro atoms. The van der Waals surface area contributed by atoms with Gasteiger partial charge in [-0.3, -0.25) is 0 Å². The van der Waals surface area contributed by atoms with E-state index in [0.29, 0.717) is 37.6 Å². The zero-order valence-electron chi connectivity index (χ0n) is 9.18. The van der Waals surface area contributed by atoms with Crippen LogP contribution in [0.5, 0.6) is 0 Å². The van der Waals surface area contributed by atoms with Crippen LogP contribution in [0.4, 0.5) is 14.5 Å². The molecule has 1 aliphatic heterocycles. The highest BCUT2D eigenvalue weighted by molar-refractivity contribution is 14.1. The quantitative estimate of drug-likeness (QED) is 0.461. The van der Waals surface area contributed by atoms with Crippen LogP contribution in [-0.4, -0.2) is 34.1 Å². The van der Waals surface area contributed by atoms with Crippen molar-refractivity contribution < 1.29 is 13.5 Å². The molecule has 0 unspecified atom stereocenters. The van der Waals surface area contributed by atoms with Gasteiger partial charge >= 0.3 is 0 Å². The monoisotopic (exact) mass is 349 g/mol. The minimum absolute atomic E-state index is 0.00652. The van der Waals surface area contributed by atoms with E-state index in [-0.39, 0.29) is 9.89 Å². The molecule has 2 radical (unpaired) electrons. The maximum absolute atomic E-state index is 14.0. The summed E-state index contributed by atoms with van der Waals surface area (Å²) in [5, 5.41) is 0. The van der Waals surface area contributed by atoms with Gasteiger partial charge in [-0.15, -0.1) is 0 Å². The SMILES string of the molecule is [B]Cc1cc(N2CCOCC2)c(F)c(I)c1F. The maximum atomic E-state index is 14.0. The van der Waals surface area contributed by atoms with Crippen molar-refractivity contribution in [1.82, 2.24) is 0 Å². The van der Waals surface area contributed by atoms with Crippen LogP contribution in [0.1, 0.15) is 5.56 Å². The van der Waals surface area contributed by atoms with E-state index in [0.717, 1.165) is 0 Å². The first-order chi connectivity index (χ1) is 8.15. The van der Waals surface area contributed by atoms with E-state index in [4.69, 9.17) is 12.6 Å². The summed E-state index contributed by atoms with van der Waals surface area (Å²) in [4.78, 5) is 1.86. The van der Waals surface area contributed by atoms with Crippen LogP contribution in [-0.2, 0) is 11.1 Å². The lowest BCUT2D eigenvalue weighted by atomic mass is 9.96. The fraction of sp³-hybridized carbons (Fsp3) is 0.455. The third-order valence-corrected chi connectivity index (χ3v) is 3.72. The molecule has 0 atom stereocenters. The van der Waals surface area contributed by atoms with Gasteiger partial charge in [0.2, 0.25) is 0 Å². The molecule has 6 heteroatoms. The number of rotatable bonds is 2. The van der Waals surface area contributed by atoms with Gasteiger partial charge in [-0.1, -0.05) is 6.32 Å². The van der Waals surface area contributed by atoms with Crippen molar-refractivity contribution in [1.29, 1.82) is 0 Å². The van der Waals surface area contributed by atoms with E-state index in [1.165, 1.54) is 6.07 Å². The topological polar surface area (TPSA) is 12.5 Å². The second kappa shape index (κ2) is 5.52. The predicted molar refractivity (Wildman–Crippen MR) is 71.6 cm³/mol. The van der Waals surface area contributed by atoms with Crippen LogP contribution in [0.2, 0.25) is 0 Å². The summed E-state index contributed by atoms with van der Waals surface area (Å²) in [6, 6.07) is 1.50. The second-order valence-electron chi connectivity index (χ2n) is 3.80. The molecule has 1 saturated heterocycles. The fourth-order valence-corrected chi connectivity index (χ4v) is 2.45. The molecule has 2 nitrogen and oxygen atoms in total. The summed E-state index contributed by atoms with van der Waals surface area (Å²) in [5.41, 5.74) is 0.761. The van der Waals surface area contributed by atoms with Gasteiger partial charge in [0.25, 0.3) is 0 Å². The van der Waals surface area contributed by atoms with E-state index >= 15 is 0 Å². The number of ether oxygens (including phenoxy) is 1. The lowest BCUT2D eigenvalue weighted by Gasteiger charge is -2.30. The zero-order valence-corrected chi connectivity index (χ0v) is 11.3. The Hall–Kier alpha value is -0.365. The molecule has 1 aliphatic rings. The summed E-state index contributed by atoms with van der Waals surface area (Å²) >= 11 is 1.68. The summed E-state index contributed by atoms with van der Waals surface area (Å²) in [6.45, 7) is 2.35. The van der Waals surface area contributed by atoms with E-state index in [1.54, 1.807) is 22.6 Å². The van der Waals surface area contributed by atoms with Crippen molar-refractivity contribution >= 4 is 36.1 Å². The number of hydrogen-bond donors (Lipinski definition) is 0. The summed E-state index contributed by atoms with van der Waals surface area (Å²) < 4.78 is 32.8. The average Bonchev–Trinajstić information content (AvgIpc) is 2.37. The third-order valence-electron chi connectivity index (χ3n) is 2.77. The summed E-state index contributed by atoms with van der Waals surface area (Å²) in [7, 11) is 5.46. The van der Waals surface area contributed by atoms with Crippen LogP contribution in [0.25, 0.3) is 0 Å². The number of nitrogens with zero attached hydrogens (tertiary/aromatic N) is 1. The standard InChI is InChI=1S/C11H11BF2INO/c12-6-7-5-8(10(14)11(15)9(7)13)16-1-3-17-4-2-16/h5H,1-4,6H2. The highest BCUT2D eigenvalue weighted by atomic mass is 127. The van der Waals surface area contributed by atoms with Gasteiger partial charge in [0.05, 0.1) is 30.3 Å². The molecule has 2 rings (SSSR count). The highest BCUT2D eigenvalue weighted by Gasteiger charge is 2.21. The number of halogens is 3. The molecule has 1 heterocycles. The Morgan fingerprint density at radius 1 is 1.29 bits per heavy atom. The second-order valence-corrected chi connectivity index (χ2v) is 4.88. The Bertz CT molecular complexity index is 424. The zero-order chi connectivity index (χ0) is 12.4. The van der Waals surface area contributed by atoms with Crippen molar-refractivity contribution in [3.63, 3.8) is 0 Å². The number of hydrogen-bond acceptors (Lipinski definition) is 2. The first kappa shape index (κ1) is 13.1. The van der Waals surface area contributed by atoms with Gasteiger partial charge in [-0.25, -0.2) is 8.78 Å². The largest absolute Gasteiger partial charge is 0.378 e. The molecule has 0 aliphatic carbocycles. The van der Waals surface area contributed by atoms with Crippen LogP contribution < -0.4 is 4.90 Å². The van der Waals surface area contributed by atoms with Gasteiger partial charge in [0, 0.05) is 13.1 Å². The molecule has 1 fully saturated rings. The molecule has 0 amide bonds. The van der Waals surface area contributed by atoms with Gasteiger partial charge in [-0.2, -0.15) is 0 Å². The lowest BCUT2D eigenvalue weighted by Crippen LogP contribution is -2.37. The Kier molecular flexibility index (Phi) is 4.24. The summed E-state index contributed by atoms with van der Waals surface area (Å²) in [5.74, 6) is -1.06. The van der Waals surface area contributed by atoms with Crippen LogP contribution in [0, 0.1) is 15.2 Å². The van der Waals surface area contributed by atoms with Crippen LogP contribution in [0.15, 0.2) is 6.07 Å². The molecule has 0 aromatic heterocycles. The molecule has 90 valence electrons. The number of benzene rings is 1. The Morgan fingerprint density at radius 3 is 2.53 bits per heavy atom. The number of anilines is 1. The van der Waals surface area contributed by atoms with Crippen molar-refractivity contribution in [2.24, 2.45) is 0 Å². The molecule has 0 N–H and O–H groups in total. The Balaban J connectivity index is 2.42. The van der Waals surface area contributed by atoms with Crippen LogP contribution in [0.3, 0.4) is 0 Å². The molecule has 1 aromatic carbocycles. The fourth-order valence-electron chi connectivity index (χ4n) is 1.82. The van der Waals surface area contributed by atoms with Gasteiger partial charge in [0.1, 0.15) is 5.82 Å². The molecular formula is C11H11BF2INO. The smallest absolute Gasteiger partial charge is 0.162 e. The maximum Gasteiger partial charge on any atom is 0.162 e. The van der Waals surface area contributed by atoms with Gasteiger partial charge in [-0.05, 0) is 34.2 Å². The van der Waals surface area contributed by atoms with Gasteiger partial charge < -0.3 is 9.64 Å². The highest BCUT2D eigenvalue weighted by Crippen LogP contribution is 2.29. The normalized spacial score (nSPS) is 16.3. The molecule has 0 saturated carbocycles. The minimum Gasteiger partial charge on any atom is -0.378 e. The van der Waals surface area contributed by atoms with Gasteiger partial charge in [0.15, 0.2) is 5.82 Å². The number of morpholine rings is 1. The van der Waals surface area contributed by atoms with E-state index in [1.807, 2.05) is 4.90 Å². The van der Waals surface area contributed by atoms with E-state index in [2.05, 4.69) is 0 Å². The molecule has 1 aromatic rings. The Labute approximate surface area is 114 Å². The van der Waals surface area contributed by atoms with Crippen molar-refractivity contribution in [2.75, 3.05) is 31.2 Å². The van der Waals surface area contributed by atoms with Crippen molar-refractivity contribution in [2.45, 2.75) is 6.32 Å². The lowest BCUT2D eigenvalue weighted by molar-refractivity contribution is 0.122. The van der Waals surface area contributed by atoms with E-state index in [9.17, 15) is 8.78 Å². The molecule has 17 heavy (non-hydrogen) atoms. The molecule has 0 bridgehead atoms. The Morgan fingerprint density at radius 2 is 1.94 bits per heavy atom. The van der Waals surface area contributed by atoms with E-state index < -0.39 is 11.6 Å². The molecular weight excluding hydrogens is 338 g/mol. The predicted octanol–water partition coefficient (Wildman–Crippen LogP) is 2.07. The van der Waals surface area contributed by atoms with Crippen LogP contribution >= 0.6 is 22.6 Å².